The molecular formula is C15H23NO2. The van der Waals surface area contributed by atoms with Crippen molar-refractivity contribution in [2.24, 2.45) is 0 Å². The number of aliphatic hydroxyl groups is 1. The Morgan fingerprint density at radius 3 is 1.78 bits per heavy atom. The standard InChI is InChI=1S/C15H23NO2/c1-8(17)7-16-15(18)14-12(5)10(3)9(2)11(4)13(14)6/h8,17H,7H2,1-6H3,(H,16,18)/t8-/m1/s1. The van der Waals surface area contributed by atoms with Crippen LogP contribution < -0.4 is 5.32 Å². The summed E-state index contributed by atoms with van der Waals surface area (Å²) in [6.45, 7) is 12.1. The van der Waals surface area contributed by atoms with Crippen LogP contribution in [0.4, 0.5) is 0 Å². The van der Waals surface area contributed by atoms with Crippen molar-refractivity contribution in [3.05, 3.63) is 33.4 Å². The van der Waals surface area contributed by atoms with Gasteiger partial charge in [0.05, 0.1) is 6.10 Å². The van der Waals surface area contributed by atoms with Crippen LogP contribution in [0.1, 0.15) is 45.1 Å². The first-order valence-corrected chi connectivity index (χ1v) is 6.30. The zero-order chi connectivity index (χ0) is 14.0. The Balaban J connectivity index is 3.21. The van der Waals surface area contributed by atoms with E-state index in [9.17, 15) is 9.90 Å². The van der Waals surface area contributed by atoms with Crippen molar-refractivity contribution in [3.63, 3.8) is 0 Å². The topological polar surface area (TPSA) is 49.3 Å². The van der Waals surface area contributed by atoms with Crippen LogP contribution in [0.3, 0.4) is 0 Å². The maximum absolute atomic E-state index is 12.2. The van der Waals surface area contributed by atoms with Crippen LogP contribution in [-0.2, 0) is 0 Å². The third-order valence-electron chi connectivity index (χ3n) is 3.79. The fraction of sp³-hybridized carbons (Fsp3) is 0.533. The molecule has 0 fully saturated rings. The van der Waals surface area contributed by atoms with E-state index in [1.807, 2.05) is 27.7 Å². The van der Waals surface area contributed by atoms with E-state index in [1.165, 1.54) is 16.7 Å². The molecule has 1 aromatic carbocycles. The van der Waals surface area contributed by atoms with Crippen LogP contribution >= 0.6 is 0 Å². The molecular weight excluding hydrogens is 226 g/mol. The maximum Gasteiger partial charge on any atom is 0.251 e. The molecule has 0 saturated carbocycles. The van der Waals surface area contributed by atoms with Crippen molar-refractivity contribution in [1.82, 2.24) is 5.32 Å². The summed E-state index contributed by atoms with van der Waals surface area (Å²) < 4.78 is 0. The molecule has 3 nitrogen and oxygen atoms in total. The van der Waals surface area contributed by atoms with E-state index < -0.39 is 6.10 Å². The number of hydrogen-bond acceptors (Lipinski definition) is 2. The van der Waals surface area contributed by atoms with E-state index in [2.05, 4.69) is 12.2 Å². The molecule has 1 atom stereocenters. The molecule has 0 aliphatic heterocycles. The third kappa shape index (κ3) is 2.72. The normalized spacial score (nSPS) is 12.4. The molecule has 3 heteroatoms. The molecule has 0 aromatic heterocycles. The molecule has 0 heterocycles. The van der Waals surface area contributed by atoms with Gasteiger partial charge in [-0.05, 0) is 69.4 Å². The molecule has 18 heavy (non-hydrogen) atoms. The number of benzene rings is 1. The third-order valence-corrected chi connectivity index (χ3v) is 3.79. The molecule has 0 saturated heterocycles. The quantitative estimate of drug-likeness (QED) is 0.864. The highest BCUT2D eigenvalue weighted by Gasteiger charge is 2.17. The molecule has 1 amide bonds. The van der Waals surface area contributed by atoms with E-state index in [4.69, 9.17) is 0 Å². The summed E-state index contributed by atoms with van der Waals surface area (Å²) in [6, 6.07) is 0. The average Bonchev–Trinajstić information content (AvgIpc) is 2.31. The Morgan fingerprint density at radius 2 is 1.39 bits per heavy atom. The largest absolute Gasteiger partial charge is 0.392 e. The number of carbonyl (C=O) groups is 1. The van der Waals surface area contributed by atoms with Crippen LogP contribution in [0.2, 0.25) is 0 Å². The van der Waals surface area contributed by atoms with Crippen molar-refractivity contribution in [3.8, 4) is 0 Å². The summed E-state index contributed by atoms with van der Waals surface area (Å²) in [6.07, 6.45) is -0.526. The lowest BCUT2D eigenvalue weighted by Crippen LogP contribution is -2.32. The zero-order valence-electron chi connectivity index (χ0n) is 12.1. The SMILES string of the molecule is Cc1c(C)c(C)c(C(=O)NC[C@@H](C)O)c(C)c1C. The van der Waals surface area contributed by atoms with Crippen molar-refractivity contribution in [2.45, 2.75) is 47.6 Å². The molecule has 0 unspecified atom stereocenters. The van der Waals surface area contributed by atoms with Crippen LogP contribution in [0.5, 0.6) is 0 Å². The smallest absolute Gasteiger partial charge is 0.251 e. The lowest BCUT2D eigenvalue weighted by atomic mass is 9.89. The second-order valence-corrected chi connectivity index (χ2v) is 5.06. The fourth-order valence-corrected chi connectivity index (χ4v) is 2.17. The van der Waals surface area contributed by atoms with E-state index in [0.717, 1.165) is 16.7 Å². The van der Waals surface area contributed by atoms with Crippen molar-refractivity contribution < 1.29 is 9.90 Å². The molecule has 0 aliphatic rings. The summed E-state index contributed by atoms with van der Waals surface area (Å²) in [4.78, 5) is 12.2. The lowest BCUT2D eigenvalue weighted by Gasteiger charge is -2.18. The highest BCUT2D eigenvalue weighted by atomic mass is 16.3. The Morgan fingerprint density at radius 1 is 1.00 bits per heavy atom. The number of carbonyl (C=O) groups excluding carboxylic acids is 1. The van der Waals surface area contributed by atoms with Gasteiger partial charge in [0, 0.05) is 12.1 Å². The van der Waals surface area contributed by atoms with Crippen LogP contribution in [0, 0.1) is 34.6 Å². The minimum atomic E-state index is -0.526. The predicted octanol–water partition coefficient (Wildman–Crippen LogP) is 2.34. The minimum Gasteiger partial charge on any atom is -0.392 e. The number of hydrogen-bond donors (Lipinski definition) is 2. The predicted molar refractivity (Wildman–Crippen MR) is 74.1 cm³/mol. The van der Waals surface area contributed by atoms with Gasteiger partial charge in [-0.15, -0.1) is 0 Å². The van der Waals surface area contributed by atoms with Gasteiger partial charge < -0.3 is 10.4 Å². The number of aliphatic hydroxyl groups excluding tert-OH is 1. The van der Waals surface area contributed by atoms with Gasteiger partial charge in [0.1, 0.15) is 0 Å². The van der Waals surface area contributed by atoms with Gasteiger partial charge in [0.15, 0.2) is 0 Å². The van der Waals surface area contributed by atoms with Crippen molar-refractivity contribution in [2.75, 3.05) is 6.54 Å². The Bertz CT molecular complexity index is 447. The van der Waals surface area contributed by atoms with Gasteiger partial charge >= 0.3 is 0 Å². The number of amides is 1. The summed E-state index contributed by atoms with van der Waals surface area (Å²) >= 11 is 0. The highest BCUT2D eigenvalue weighted by Crippen LogP contribution is 2.25. The molecule has 0 spiro atoms. The molecule has 2 N–H and O–H groups in total. The summed E-state index contributed by atoms with van der Waals surface area (Å²) in [5, 5.41) is 12.0. The van der Waals surface area contributed by atoms with Gasteiger partial charge in [-0.3, -0.25) is 4.79 Å². The van der Waals surface area contributed by atoms with Crippen LogP contribution in [-0.4, -0.2) is 23.7 Å². The van der Waals surface area contributed by atoms with Gasteiger partial charge in [0.2, 0.25) is 0 Å². The number of nitrogens with one attached hydrogen (secondary N) is 1. The first kappa shape index (κ1) is 14.7. The van der Waals surface area contributed by atoms with Crippen molar-refractivity contribution >= 4 is 5.91 Å². The van der Waals surface area contributed by atoms with E-state index in [0.29, 0.717) is 0 Å². The summed E-state index contributed by atoms with van der Waals surface area (Å²) in [5.41, 5.74) is 6.38. The first-order chi connectivity index (χ1) is 8.27. The minimum absolute atomic E-state index is 0.0999. The van der Waals surface area contributed by atoms with E-state index in [-0.39, 0.29) is 12.5 Å². The van der Waals surface area contributed by atoms with Crippen LogP contribution in [0.15, 0.2) is 0 Å². The molecule has 1 rings (SSSR count). The van der Waals surface area contributed by atoms with E-state index >= 15 is 0 Å². The van der Waals surface area contributed by atoms with Gasteiger partial charge in [-0.25, -0.2) is 0 Å². The first-order valence-electron chi connectivity index (χ1n) is 6.30. The summed E-state index contributed by atoms with van der Waals surface area (Å²) in [7, 11) is 0. The van der Waals surface area contributed by atoms with Gasteiger partial charge in [0.25, 0.3) is 5.91 Å². The Kier molecular flexibility index (Phi) is 4.52. The van der Waals surface area contributed by atoms with Crippen molar-refractivity contribution in [1.29, 1.82) is 0 Å². The van der Waals surface area contributed by atoms with E-state index in [1.54, 1.807) is 6.92 Å². The van der Waals surface area contributed by atoms with Crippen LogP contribution in [0.25, 0.3) is 0 Å². The second kappa shape index (κ2) is 5.53. The highest BCUT2D eigenvalue weighted by molar-refractivity contribution is 5.98. The average molecular weight is 249 g/mol. The number of rotatable bonds is 3. The molecule has 0 bridgehead atoms. The fourth-order valence-electron chi connectivity index (χ4n) is 2.17. The summed E-state index contributed by atoms with van der Waals surface area (Å²) in [5.74, 6) is -0.0999. The monoisotopic (exact) mass is 249 g/mol. The molecule has 1 aromatic rings. The Labute approximate surface area is 109 Å². The second-order valence-electron chi connectivity index (χ2n) is 5.06. The molecule has 100 valence electrons. The molecule has 0 aliphatic carbocycles. The Hall–Kier alpha value is -1.35. The lowest BCUT2D eigenvalue weighted by molar-refractivity contribution is 0.0922. The van der Waals surface area contributed by atoms with Gasteiger partial charge in [-0.1, -0.05) is 0 Å². The van der Waals surface area contributed by atoms with Gasteiger partial charge in [-0.2, -0.15) is 0 Å². The zero-order valence-corrected chi connectivity index (χ0v) is 12.1. The maximum atomic E-state index is 12.2. The molecule has 0 radical (unpaired) electrons.